The second-order valence-electron chi connectivity index (χ2n) is 5.88. The summed E-state index contributed by atoms with van der Waals surface area (Å²) in [4.78, 5) is 26.0. The average molecular weight is 281 g/mol. The molecule has 0 aliphatic carbocycles. The highest BCUT2D eigenvalue weighted by molar-refractivity contribution is 5.80. The Hall–Kier alpha value is -1.10. The highest BCUT2D eigenvalue weighted by Crippen LogP contribution is 2.11. The van der Waals surface area contributed by atoms with E-state index in [1.807, 2.05) is 4.90 Å². The maximum absolute atomic E-state index is 12.1. The van der Waals surface area contributed by atoms with Crippen molar-refractivity contribution in [2.24, 2.45) is 5.92 Å². The maximum atomic E-state index is 12.1. The molecule has 2 fully saturated rings. The number of piperidine rings is 1. The second-order valence-corrected chi connectivity index (χ2v) is 5.88. The largest absolute Gasteiger partial charge is 0.355 e. The molecule has 2 amide bonds. The van der Waals surface area contributed by atoms with Crippen LogP contribution in [0.4, 0.5) is 0 Å². The average Bonchev–Trinajstić information content (AvgIpc) is 2.77. The van der Waals surface area contributed by atoms with E-state index in [0.29, 0.717) is 13.0 Å². The molecule has 2 aliphatic rings. The van der Waals surface area contributed by atoms with Crippen LogP contribution in [-0.2, 0) is 9.59 Å². The van der Waals surface area contributed by atoms with Crippen LogP contribution in [0.2, 0.25) is 0 Å². The molecule has 2 saturated heterocycles. The van der Waals surface area contributed by atoms with E-state index in [1.54, 1.807) is 0 Å². The number of hydrogen-bond donors (Lipinski definition) is 2. The molecule has 2 heterocycles. The van der Waals surface area contributed by atoms with Gasteiger partial charge >= 0.3 is 0 Å². The van der Waals surface area contributed by atoms with Gasteiger partial charge in [0.1, 0.15) is 0 Å². The van der Waals surface area contributed by atoms with E-state index in [0.717, 1.165) is 51.9 Å². The Morgan fingerprint density at radius 2 is 1.85 bits per heavy atom. The first-order valence-corrected chi connectivity index (χ1v) is 8.03. The van der Waals surface area contributed by atoms with Crippen molar-refractivity contribution in [2.45, 2.75) is 44.9 Å². The maximum Gasteiger partial charge on any atom is 0.224 e. The summed E-state index contributed by atoms with van der Waals surface area (Å²) in [6, 6.07) is 0. The second kappa shape index (κ2) is 8.25. The van der Waals surface area contributed by atoms with Crippen LogP contribution in [-0.4, -0.2) is 49.4 Å². The van der Waals surface area contributed by atoms with Crippen molar-refractivity contribution in [3.63, 3.8) is 0 Å². The van der Waals surface area contributed by atoms with Gasteiger partial charge in [-0.05, 0) is 32.2 Å². The smallest absolute Gasteiger partial charge is 0.224 e. The lowest BCUT2D eigenvalue weighted by Crippen LogP contribution is -2.42. The molecule has 0 saturated carbocycles. The molecular weight excluding hydrogens is 254 g/mol. The van der Waals surface area contributed by atoms with Gasteiger partial charge in [0.25, 0.3) is 0 Å². The predicted octanol–water partition coefficient (Wildman–Crippen LogP) is 0.895. The van der Waals surface area contributed by atoms with Gasteiger partial charge in [0.2, 0.25) is 11.8 Å². The summed E-state index contributed by atoms with van der Waals surface area (Å²) in [5, 5.41) is 6.15. The quantitative estimate of drug-likeness (QED) is 0.804. The predicted molar refractivity (Wildman–Crippen MR) is 78.3 cm³/mol. The summed E-state index contributed by atoms with van der Waals surface area (Å²) in [5.74, 6) is 0.367. The summed E-state index contributed by atoms with van der Waals surface area (Å²) in [6.07, 6.45) is 7.15. The number of nitrogens with zero attached hydrogens (tertiary/aromatic N) is 1. The van der Waals surface area contributed by atoms with Crippen molar-refractivity contribution in [1.82, 2.24) is 15.5 Å². The number of rotatable bonds is 4. The molecule has 114 valence electrons. The fourth-order valence-electron chi connectivity index (χ4n) is 2.99. The zero-order chi connectivity index (χ0) is 14.2. The summed E-state index contributed by atoms with van der Waals surface area (Å²) in [6.45, 7) is 4.03. The Morgan fingerprint density at radius 1 is 1.10 bits per heavy atom. The number of carbonyl (C=O) groups excluding carboxylic acids is 2. The minimum atomic E-state index is 0.0806. The Morgan fingerprint density at radius 3 is 2.50 bits per heavy atom. The molecule has 1 atom stereocenters. The van der Waals surface area contributed by atoms with E-state index in [2.05, 4.69) is 10.6 Å². The molecule has 1 unspecified atom stereocenters. The summed E-state index contributed by atoms with van der Waals surface area (Å²) in [5.41, 5.74) is 0. The first-order chi connectivity index (χ1) is 9.77. The lowest BCUT2D eigenvalue weighted by Gasteiger charge is -2.23. The van der Waals surface area contributed by atoms with Gasteiger partial charge in [0.05, 0.1) is 5.92 Å². The van der Waals surface area contributed by atoms with Gasteiger partial charge in [-0.15, -0.1) is 0 Å². The molecule has 0 aromatic rings. The molecule has 20 heavy (non-hydrogen) atoms. The van der Waals surface area contributed by atoms with Crippen molar-refractivity contribution in [1.29, 1.82) is 0 Å². The molecule has 2 aliphatic heterocycles. The van der Waals surface area contributed by atoms with Gasteiger partial charge < -0.3 is 15.5 Å². The number of amides is 2. The zero-order valence-electron chi connectivity index (χ0n) is 12.3. The van der Waals surface area contributed by atoms with Crippen LogP contribution in [0.5, 0.6) is 0 Å². The van der Waals surface area contributed by atoms with Crippen molar-refractivity contribution in [3.8, 4) is 0 Å². The first-order valence-electron chi connectivity index (χ1n) is 8.03. The molecule has 5 heteroatoms. The third kappa shape index (κ3) is 4.78. The molecule has 0 aromatic carbocycles. The lowest BCUT2D eigenvalue weighted by atomic mass is 9.99. The lowest BCUT2D eigenvalue weighted by molar-refractivity contribution is -0.131. The Kier molecular flexibility index (Phi) is 6.30. The van der Waals surface area contributed by atoms with Crippen LogP contribution < -0.4 is 10.6 Å². The molecule has 0 aromatic heterocycles. The normalized spacial score (nSPS) is 24.0. The van der Waals surface area contributed by atoms with Crippen LogP contribution in [0.1, 0.15) is 44.9 Å². The summed E-state index contributed by atoms with van der Waals surface area (Å²) in [7, 11) is 0. The topological polar surface area (TPSA) is 61.4 Å². The van der Waals surface area contributed by atoms with Crippen LogP contribution in [0.3, 0.4) is 0 Å². The summed E-state index contributed by atoms with van der Waals surface area (Å²) < 4.78 is 0. The third-order valence-corrected chi connectivity index (χ3v) is 4.26. The van der Waals surface area contributed by atoms with Crippen LogP contribution in [0.15, 0.2) is 0 Å². The van der Waals surface area contributed by atoms with E-state index < -0.39 is 0 Å². The monoisotopic (exact) mass is 281 g/mol. The third-order valence-electron chi connectivity index (χ3n) is 4.26. The number of hydrogen-bond acceptors (Lipinski definition) is 3. The molecule has 0 spiro atoms. The molecule has 5 nitrogen and oxygen atoms in total. The molecular formula is C15H27N3O2. The van der Waals surface area contributed by atoms with Crippen LogP contribution in [0.25, 0.3) is 0 Å². The Labute approximate surface area is 121 Å². The zero-order valence-corrected chi connectivity index (χ0v) is 12.3. The Bertz CT molecular complexity index is 319. The highest BCUT2D eigenvalue weighted by atomic mass is 16.2. The van der Waals surface area contributed by atoms with Crippen molar-refractivity contribution >= 4 is 11.8 Å². The van der Waals surface area contributed by atoms with Crippen molar-refractivity contribution < 1.29 is 9.59 Å². The van der Waals surface area contributed by atoms with Gasteiger partial charge in [-0.25, -0.2) is 0 Å². The van der Waals surface area contributed by atoms with Gasteiger partial charge in [-0.1, -0.05) is 12.8 Å². The minimum Gasteiger partial charge on any atom is -0.355 e. The van der Waals surface area contributed by atoms with Gasteiger partial charge in [0, 0.05) is 32.6 Å². The standard InChI is InChI=1S/C15H27N3O2/c19-14(18-10-3-1-2-4-11-18)7-9-17-15(20)13-6-5-8-16-12-13/h13,16H,1-12H2,(H,17,20). The number of carbonyl (C=O) groups is 2. The first kappa shape index (κ1) is 15.3. The van der Waals surface area contributed by atoms with Gasteiger partial charge in [0.15, 0.2) is 0 Å². The van der Waals surface area contributed by atoms with Crippen LogP contribution in [0, 0.1) is 5.92 Å². The van der Waals surface area contributed by atoms with E-state index in [9.17, 15) is 9.59 Å². The minimum absolute atomic E-state index is 0.0806. The van der Waals surface area contributed by atoms with E-state index in [1.165, 1.54) is 12.8 Å². The molecule has 2 rings (SSSR count). The fourth-order valence-corrected chi connectivity index (χ4v) is 2.99. The molecule has 0 bridgehead atoms. The Balaban J connectivity index is 1.64. The number of likely N-dealkylation sites (tertiary alicyclic amines) is 1. The van der Waals surface area contributed by atoms with Gasteiger partial charge in [-0.2, -0.15) is 0 Å². The number of nitrogens with one attached hydrogen (secondary N) is 2. The summed E-state index contributed by atoms with van der Waals surface area (Å²) >= 11 is 0. The highest BCUT2D eigenvalue weighted by Gasteiger charge is 2.21. The molecule has 2 N–H and O–H groups in total. The van der Waals surface area contributed by atoms with Crippen molar-refractivity contribution in [2.75, 3.05) is 32.7 Å². The fraction of sp³-hybridized carbons (Fsp3) is 0.867. The van der Waals surface area contributed by atoms with E-state index in [-0.39, 0.29) is 17.7 Å². The van der Waals surface area contributed by atoms with E-state index in [4.69, 9.17) is 0 Å². The SMILES string of the molecule is O=C(NCCC(=O)N1CCCCCC1)C1CCCNC1. The van der Waals surface area contributed by atoms with Gasteiger partial charge in [-0.3, -0.25) is 9.59 Å². The molecule has 0 radical (unpaired) electrons. The van der Waals surface area contributed by atoms with Crippen LogP contribution >= 0.6 is 0 Å². The van der Waals surface area contributed by atoms with Crippen molar-refractivity contribution in [3.05, 3.63) is 0 Å². The van der Waals surface area contributed by atoms with E-state index >= 15 is 0 Å².